The molecular formula is C11H22. The predicted octanol–water partition coefficient (Wildman–Crippen LogP) is 3.88. The molecule has 11 heavy (non-hydrogen) atoms. The Hall–Kier alpha value is -0.260. The fraction of sp³-hybridized carbons (Fsp3) is 0.818. The number of allylic oxidation sites excluding steroid dienone is 1. The Morgan fingerprint density at radius 1 is 1.27 bits per heavy atom. The maximum absolute atomic E-state index is 3.87. The van der Waals surface area contributed by atoms with Crippen molar-refractivity contribution >= 4 is 0 Å². The molecule has 0 radical (unpaired) electrons. The van der Waals surface area contributed by atoms with Crippen molar-refractivity contribution in [3.8, 4) is 0 Å². The van der Waals surface area contributed by atoms with Crippen molar-refractivity contribution in [2.45, 2.75) is 40.5 Å². The minimum Gasteiger partial charge on any atom is -0.103 e. The molecule has 0 aromatic carbocycles. The van der Waals surface area contributed by atoms with Gasteiger partial charge >= 0.3 is 0 Å². The molecule has 0 spiro atoms. The molecule has 0 nitrogen and oxygen atoms in total. The third kappa shape index (κ3) is 4.23. The van der Waals surface area contributed by atoms with Crippen molar-refractivity contribution in [3.63, 3.8) is 0 Å². The van der Waals surface area contributed by atoms with Crippen LogP contribution < -0.4 is 0 Å². The molecule has 0 saturated heterocycles. The molecule has 0 aromatic heterocycles. The van der Waals surface area contributed by atoms with Crippen LogP contribution in [0.4, 0.5) is 0 Å². The molecule has 2 atom stereocenters. The summed E-state index contributed by atoms with van der Waals surface area (Å²) in [5.41, 5.74) is 0. The standard InChI is InChI=1S/C11H22/c1-6-10(5)8-11(7-2)9(3)4/h7,9-11H,2,6,8H2,1,3-5H3. The van der Waals surface area contributed by atoms with E-state index in [0.717, 1.165) is 11.8 Å². The van der Waals surface area contributed by atoms with Gasteiger partial charge in [0.2, 0.25) is 0 Å². The third-order valence-electron chi connectivity index (χ3n) is 2.53. The van der Waals surface area contributed by atoms with Gasteiger partial charge in [-0.05, 0) is 24.2 Å². The number of rotatable bonds is 5. The molecule has 0 N–H and O–H groups in total. The van der Waals surface area contributed by atoms with E-state index in [4.69, 9.17) is 0 Å². The minimum absolute atomic E-state index is 0.713. The molecule has 2 unspecified atom stereocenters. The molecule has 66 valence electrons. The molecule has 0 aromatic rings. The van der Waals surface area contributed by atoms with E-state index in [1.54, 1.807) is 0 Å². The Morgan fingerprint density at radius 2 is 1.82 bits per heavy atom. The number of hydrogen-bond acceptors (Lipinski definition) is 0. The van der Waals surface area contributed by atoms with Crippen molar-refractivity contribution in [3.05, 3.63) is 12.7 Å². The van der Waals surface area contributed by atoms with Gasteiger partial charge in [-0.3, -0.25) is 0 Å². The van der Waals surface area contributed by atoms with Crippen LogP contribution in [-0.4, -0.2) is 0 Å². The van der Waals surface area contributed by atoms with Crippen LogP contribution in [0.1, 0.15) is 40.5 Å². The van der Waals surface area contributed by atoms with Crippen LogP contribution in [-0.2, 0) is 0 Å². The van der Waals surface area contributed by atoms with Crippen molar-refractivity contribution in [1.82, 2.24) is 0 Å². The third-order valence-corrected chi connectivity index (χ3v) is 2.53. The Balaban J connectivity index is 3.77. The zero-order valence-electron chi connectivity index (χ0n) is 8.43. The van der Waals surface area contributed by atoms with Gasteiger partial charge in [0.25, 0.3) is 0 Å². The summed E-state index contributed by atoms with van der Waals surface area (Å²) in [6.07, 6.45) is 4.70. The first-order chi connectivity index (χ1) is 5.11. The lowest BCUT2D eigenvalue weighted by Gasteiger charge is -2.19. The van der Waals surface area contributed by atoms with Crippen LogP contribution in [0.2, 0.25) is 0 Å². The first kappa shape index (κ1) is 10.7. The highest BCUT2D eigenvalue weighted by Crippen LogP contribution is 2.22. The Morgan fingerprint density at radius 3 is 2.09 bits per heavy atom. The predicted molar refractivity (Wildman–Crippen MR) is 52.6 cm³/mol. The quantitative estimate of drug-likeness (QED) is 0.527. The van der Waals surface area contributed by atoms with Gasteiger partial charge in [-0.2, -0.15) is 0 Å². The Kier molecular flexibility index (Phi) is 5.27. The summed E-state index contributed by atoms with van der Waals surface area (Å²) in [6, 6.07) is 0. The molecule has 0 fully saturated rings. The van der Waals surface area contributed by atoms with E-state index in [9.17, 15) is 0 Å². The Labute approximate surface area is 71.7 Å². The van der Waals surface area contributed by atoms with E-state index in [2.05, 4.69) is 40.3 Å². The zero-order valence-corrected chi connectivity index (χ0v) is 8.43. The minimum atomic E-state index is 0.713. The molecule has 0 bridgehead atoms. The van der Waals surface area contributed by atoms with Gasteiger partial charge in [-0.25, -0.2) is 0 Å². The van der Waals surface area contributed by atoms with Crippen LogP contribution in [0.3, 0.4) is 0 Å². The first-order valence-corrected chi connectivity index (χ1v) is 4.74. The van der Waals surface area contributed by atoms with Crippen LogP contribution in [0.15, 0.2) is 12.7 Å². The van der Waals surface area contributed by atoms with Crippen molar-refractivity contribution in [2.75, 3.05) is 0 Å². The summed E-state index contributed by atoms with van der Waals surface area (Å²) in [7, 11) is 0. The van der Waals surface area contributed by atoms with Gasteiger partial charge in [0.15, 0.2) is 0 Å². The fourth-order valence-corrected chi connectivity index (χ4v) is 1.27. The zero-order chi connectivity index (χ0) is 8.85. The molecule has 0 aliphatic heterocycles. The second kappa shape index (κ2) is 5.40. The summed E-state index contributed by atoms with van der Waals surface area (Å²) in [5.74, 6) is 2.31. The lowest BCUT2D eigenvalue weighted by atomic mass is 9.86. The SMILES string of the molecule is C=CC(CC(C)CC)C(C)C. The number of hydrogen-bond donors (Lipinski definition) is 0. The smallest absolute Gasteiger partial charge is 0.0211 e. The van der Waals surface area contributed by atoms with Crippen molar-refractivity contribution < 1.29 is 0 Å². The van der Waals surface area contributed by atoms with E-state index in [0.29, 0.717) is 5.92 Å². The van der Waals surface area contributed by atoms with Gasteiger partial charge in [0.05, 0.1) is 0 Å². The molecule has 0 heterocycles. The second-order valence-corrected chi connectivity index (χ2v) is 3.89. The molecule has 0 amide bonds. The average molecular weight is 154 g/mol. The van der Waals surface area contributed by atoms with Crippen LogP contribution >= 0.6 is 0 Å². The molecular weight excluding hydrogens is 132 g/mol. The van der Waals surface area contributed by atoms with Crippen LogP contribution in [0.5, 0.6) is 0 Å². The highest BCUT2D eigenvalue weighted by atomic mass is 14.2. The highest BCUT2D eigenvalue weighted by molar-refractivity contribution is 4.82. The molecule has 0 aliphatic carbocycles. The summed E-state index contributed by atoms with van der Waals surface area (Å²) >= 11 is 0. The van der Waals surface area contributed by atoms with E-state index < -0.39 is 0 Å². The summed E-state index contributed by atoms with van der Waals surface area (Å²) < 4.78 is 0. The molecule has 0 rings (SSSR count). The van der Waals surface area contributed by atoms with Gasteiger partial charge in [0, 0.05) is 0 Å². The van der Waals surface area contributed by atoms with Crippen molar-refractivity contribution in [2.24, 2.45) is 17.8 Å². The van der Waals surface area contributed by atoms with Gasteiger partial charge in [-0.1, -0.05) is 40.2 Å². The normalized spacial score (nSPS) is 16.5. The maximum atomic E-state index is 3.87. The topological polar surface area (TPSA) is 0 Å². The first-order valence-electron chi connectivity index (χ1n) is 4.74. The average Bonchev–Trinajstić information content (AvgIpc) is 1.99. The fourth-order valence-electron chi connectivity index (χ4n) is 1.27. The largest absolute Gasteiger partial charge is 0.103 e. The Bertz CT molecular complexity index is 103. The van der Waals surface area contributed by atoms with Gasteiger partial charge < -0.3 is 0 Å². The summed E-state index contributed by atoms with van der Waals surface area (Å²) in [4.78, 5) is 0. The van der Waals surface area contributed by atoms with Gasteiger partial charge in [-0.15, -0.1) is 6.58 Å². The second-order valence-electron chi connectivity index (χ2n) is 3.89. The summed E-state index contributed by atoms with van der Waals surface area (Å²) in [5, 5.41) is 0. The maximum Gasteiger partial charge on any atom is -0.0211 e. The van der Waals surface area contributed by atoms with Crippen molar-refractivity contribution in [1.29, 1.82) is 0 Å². The highest BCUT2D eigenvalue weighted by Gasteiger charge is 2.11. The lowest BCUT2D eigenvalue weighted by molar-refractivity contribution is 0.360. The van der Waals surface area contributed by atoms with E-state index in [1.165, 1.54) is 12.8 Å². The van der Waals surface area contributed by atoms with E-state index in [1.807, 2.05) is 0 Å². The van der Waals surface area contributed by atoms with E-state index >= 15 is 0 Å². The summed E-state index contributed by atoms with van der Waals surface area (Å²) in [6.45, 7) is 13.0. The van der Waals surface area contributed by atoms with Crippen LogP contribution in [0, 0.1) is 17.8 Å². The monoisotopic (exact) mass is 154 g/mol. The van der Waals surface area contributed by atoms with E-state index in [-0.39, 0.29) is 0 Å². The lowest BCUT2D eigenvalue weighted by Crippen LogP contribution is -2.09. The van der Waals surface area contributed by atoms with Crippen LogP contribution in [0.25, 0.3) is 0 Å². The molecule has 0 heteroatoms. The van der Waals surface area contributed by atoms with Gasteiger partial charge in [0.1, 0.15) is 0 Å². The molecule has 0 aliphatic rings. The molecule has 0 saturated carbocycles.